The lowest BCUT2D eigenvalue weighted by molar-refractivity contribution is -0.711. The quantitative estimate of drug-likeness (QED) is 0.200. The summed E-state index contributed by atoms with van der Waals surface area (Å²) in [5.74, 6) is -0.725. The summed E-state index contributed by atoms with van der Waals surface area (Å²) < 4.78 is 1.81. The van der Waals surface area contributed by atoms with Crippen LogP contribution < -0.4 is 4.57 Å². The van der Waals surface area contributed by atoms with Gasteiger partial charge in [-0.3, -0.25) is 0 Å². The monoisotopic (exact) mass is 390 g/mol. The number of unbranched alkanes of at least 4 members (excludes halogenated alkanes) is 15. The Balaban J connectivity index is 1.88. The summed E-state index contributed by atoms with van der Waals surface area (Å²) >= 11 is 0. The van der Waals surface area contributed by atoms with Crippen LogP contribution in [0.3, 0.4) is 0 Å². The smallest absolute Gasteiger partial charge is 0.373 e. The lowest BCUT2D eigenvalue weighted by atomic mass is 10.0. The number of rotatable bonds is 19. The molecule has 0 fully saturated rings. The molecule has 0 bridgehead atoms. The molecule has 0 saturated heterocycles. The first-order valence-electron chi connectivity index (χ1n) is 11.9. The van der Waals surface area contributed by atoms with Gasteiger partial charge < -0.3 is 5.11 Å². The van der Waals surface area contributed by atoms with Crippen LogP contribution >= 0.6 is 0 Å². The Morgan fingerprint density at radius 3 is 1.46 bits per heavy atom. The molecule has 0 radical (unpaired) electrons. The van der Waals surface area contributed by atoms with Crippen LogP contribution in [0.2, 0.25) is 0 Å². The zero-order valence-electron chi connectivity index (χ0n) is 18.3. The van der Waals surface area contributed by atoms with E-state index in [0.717, 1.165) is 19.3 Å². The Kier molecular flexibility index (Phi) is 15.6. The first-order valence-corrected chi connectivity index (χ1v) is 11.9. The summed E-state index contributed by atoms with van der Waals surface area (Å²) in [5, 5.41) is 9.43. The second-order valence-corrected chi connectivity index (χ2v) is 8.27. The molecule has 3 nitrogen and oxygen atoms in total. The molecular formula is C25H44NO2+. The molecule has 1 N–H and O–H groups in total. The number of carboxylic acids is 1. The Bertz CT molecular complexity index is 475. The van der Waals surface area contributed by atoms with Crippen molar-refractivity contribution in [1.29, 1.82) is 0 Å². The molecule has 0 aliphatic rings. The number of aliphatic carboxylic acids is 1. The molecule has 0 aliphatic carbocycles. The molecule has 3 heteroatoms. The van der Waals surface area contributed by atoms with Gasteiger partial charge in [-0.05, 0) is 6.42 Å². The van der Waals surface area contributed by atoms with E-state index in [9.17, 15) is 9.90 Å². The third kappa shape index (κ3) is 12.9. The second-order valence-electron chi connectivity index (χ2n) is 8.27. The standard InChI is InChI=1S/C25H43NO2/c1-2-3-4-5-6-7-8-9-10-11-12-13-14-15-16-18-21-24(25(27)28)26-22-19-17-20-23-26/h17,19-20,22-24H,2-16,18,21H2,1H3/p+1. The summed E-state index contributed by atoms with van der Waals surface area (Å²) in [6.45, 7) is 2.28. The summed E-state index contributed by atoms with van der Waals surface area (Å²) in [5.41, 5.74) is 0. The topological polar surface area (TPSA) is 41.2 Å². The van der Waals surface area contributed by atoms with Crippen LogP contribution in [0.4, 0.5) is 0 Å². The first kappa shape index (κ1) is 24.7. The van der Waals surface area contributed by atoms with Gasteiger partial charge in [0.2, 0.25) is 0 Å². The zero-order chi connectivity index (χ0) is 20.3. The van der Waals surface area contributed by atoms with Gasteiger partial charge in [0.15, 0.2) is 12.4 Å². The maximum absolute atomic E-state index is 11.5. The Morgan fingerprint density at radius 1 is 0.679 bits per heavy atom. The highest BCUT2D eigenvalue weighted by Crippen LogP contribution is 2.15. The van der Waals surface area contributed by atoms with E-state index in [0.29, 0.717) is 0 Å². The van der Waals surface area contributed by atoms with Gasteiger partial charge in [-0.2, -0.15) is 4.57 Å². The van der Waals surface area contributed by atoms with Gasteiger partial charge in [0.25, 0.3) is 6.04 Å². The molecule has 0 spiro atoms. The van der Waals surface area contributed by atoms with E-state index in [1.165, 1.54) is 89.9 Å². The maximum atomic E-state index is 11.5. The minimum absolute atomic E-state index is 0.423. The van der Waals surface area contributed by atoms with Crippen molar-refractivity contribution in [3.63, 3.8) is 0 Å². The lowest BCUT2D eigenvalue weighted by Crippen LogP contribution is -2.43. The largest absolute Gasteiger partial charge is 0.476 e. The number of aromatic nitrogens is 1. The van der Waals surface area contributed by atoms with Gasteiger partial charge in [0.1, 0.15) is 0 Å². The second kappa shape index (κ2) is 17.7. The van der Waals surface area contributed by atoms with Gasteiger partial charge in [0.05, 0.1) is 0 Å². The summed E-state index contributed by atoms with van der Waals surface area (Å²) in [6, 6.07) is 5.28. The van der Waals surface area contributed by atoms with Crippen molar-refractivity contribution in [2.75, 3.05) is 0 Å². The summed E-state index contributed by atoms with van der Waals surface area (Å²) in [6.07, 6.45) is 25.9. The van der Waals surface area contributed by atoms with Crippen molar-refractivity contribution in [1.82, 2.24) is 0 Å². The van der Waals surface area contributed by atoms with Crippen molar-refractivity contribution in [2.45, 2.75) is 122 Å². The van der Waals surface area contributed by atoms with Gasteiger partial charge in [-0.1, -0.05) is 109 Å². The van der Waals surface area contributed by atoms with Crippen molar-refractivity contribution >= 4 is 5.97 Å². The van der Waals surface area contributed by atoms with E-state index in [1.54, 1.807) is 0 Å². The van der Waals surface area contributed by atoms with Gasteiger partial charge in [-0.25, -0.2) is 4.79 Å². The molecule has 0 aromatic carbocycles. The molecule has 0 saturated carbocycles. The Hall–Kier alpha value is -1.38. The van der Waals surface area contributed by atoms with Crippen LogP contribution in [0.5, 0.6) is 0 Å². The van der Waals surface area contributed by atoms with E-state index in [-0.39, 0.29) is 0 Å². The highest BCUT2D eigenvalue weighted by Gasteiger charge is 2.25. The predicted molar refractivity (Wildman–Crippen MR) is 117 cm³/mol. The Morgan fingerprint density at radius 2 is 1.07 bits per heavy atom. The van der Waals surface area contributed by atoms with Crippen LogP contribution in [-0.2, 0) is 4.79 Å². The molecule has 1 aromatic heterocycles. The van der Waals surface area contributed by atoms with E-state index in [4.69, 9.17) is 0 Å². The highest BCUT2D eigenvalue weighted by molar-refractivity contribution is 5.69. The van der Waals surface area contributed by atoms with Crippen LogP contribution in [0, 0.1) is 0 Å². The predicted octanol–water partition coefficient (Wildman–Crippen LogP) is 7.25. The molecule has 1 atom stereocenters. The average molecular weight is 391 g/mol. The first-order chi connectivity index (χ1) is 13.8. The Labute approximate surface area is 173 Å². The van der Waals surface area contributed by atoms with Crippen LogP contribution in [0.25, 0.3) is 0 Å². The summed E-state index contributed by atoms with van der Waals surface area (Å²) in [4.78, 5) is 11.5. The number of hydrogen-bond donors (Lipinski definition) is 1. The lowest BCUT2D eigenvalue weighted by Gasteiger charge is -2.08. The molecule has 1 aromatic rings. The fourth-order valence-electron chi connectivity index (χ4n) is 3.91. The molecule has 0 amide bonds. The molecule has 0 aliphatic heterocycles. The third-order valence-corrected chi connectivity index (χ3v) is 5.71. The minimum atomic E-state index is -0.725. The van der Waals surface area contributed by atoms with Crippen molar-refractivity contribution in [3.05, 3.63) is 30.6 Å². The summed E-state index contributed by atoms with van der Waals surface area (Å²) in [7, 11) is 0. The fraction of sp³-hybridized carbons (Fsp3) is 0.760. The zero-order valence-corrected chi connectivity index (χ0v) is 18.3. The highest BCUT2D eigenvalue weighted by atomic mass is 16.4. The van der Waals surface area contributed by atoms with Gasteiger partial charge >= 0.3 is 5.97 Å². The number of pyridine rings is 1. The van der Waals surface area contributed by atoms with Crippen molar-refractivity contribution in [3.8, 4) is 0 Å². The molecule has 1 rings (SSSR count). The fourth-order valence-corrected chi connectivity index (χ4v) is 3.91. The van der Waals surface area contributed by atoms with E-state index >= 15 is 0 Å². The number of carboxylic acid groups (broad SMARTS) is 1. The van der Waals surface area contributed by atoms with Gasteiger partial charge in [0, 0.05) is 18.6 Å². The van der Waals surface area contributed by atoms with Crippen LogP contribution in [0.1, 0.15) is 122 Å². The molecule has 1 heterocycles. The van der Waals surface area contributed by atoms with E-state index in [2.05, 4.69) is 6.92 Å². The minimum Gasteiger partial charge on any atom is -0.476 e. The molecule has 160 valence electrons. The number of nitrogens with zero attached hydrogens (tertiary/aromatic N) is 1. The molecule has 28 heavy (non-hydrogen) atoms. The maximum Gasteiger partial charge on any atom is 0.373 e. The van der Waals surface area contributed by atoms with Crippen molar-refractivity contribution in [2.24, 2.45) is 0 Å². The van der Waals surface area contributed by atoms with Crippen molar-refractivity contribution < 1.29 is 14.5 Å². The molecule has 1 unspecified atom stereocenters. The van der Waals surface area contributed by atoms with Gasteiger partial charge in [-0.15, -0.1) is 0 Å². The van der Waals surface area contributed by atoms with E-state index in [1.807, 2.05) is 35.2 Å². The number of carbonyl (C=O) groups is 1. The normalized spacial score (nSPS) is 12.2. The van der Waals surface area contributed by atoms with Crippen LogP contribution in [0.15, 0.2) is 30.6 Å². The third-order valence-electron chi connectivity index (χ3n) is 5.71. The number of hydrogen-bond acceptors (Lipinski definition) is 1. The SMILES string of the molecule is CCCCCCCCCCCCCCCCCCC(C(=O)O)[n+]1ccccc1. The van der Waals surface area contributed by atoms with Crippen LogP contribution in [-0.4, -0.2) is 11.1 Å². The molecular weight excluding hydrogens is 346 g/mol. The average Bonchev–Trinajstić information content (AvgIpc) is 2.70. The van der Waals surface area contributed by atoms with E-state index < -0.39 is 12.0 Å².